The normalized spacial score (nSPS) is 13.7. The number of rotatable bonds is 4. The van der Waals surface area contributed by atoms with Crippen molar-refractivity contribution >= 4 is 17.3 Å². The summed E-state index contributed by atoms with van der Waals surface area (Å²) < 4.78 is 0. The Morgan fingerprint density at radius 1 is 1.12 bits per heavy atom. The molecule has 3 nitrogen and oxygen atoms in total. The van der Waals surface area contributed by atoms with E-state index in [2.05, 4.69) is 61.7 Å². The smallest absolute Gasteiger partial charge is 0.224 e. The van der Waals surface area contributed by atoms with E-state index in [1.807, 2.05) is 12.1 Å². The minimum Gasteiger partial charge on any atom is -0.385 e. The first-order valence-electron chi connectivity index (χ1n) is 9.18. The van der Waals surface area contributed by atoms with Crippen LogP contribution in [0, 0.1) is 0 Å². The predicted molar refractivity (Wildman–Crippen MR) is 105 cm³/mol. The van der Waals surface area contributed by atoms with E-state index in [9.17, 15) is 4.79 Å². The summed E-state index contributed by atoms with van der Waals surface area (Å²) in [6, 6.07) is 14.8. The first-order valence-corrected chi connectivity index (χ1v) is 9.18. The number of hydrogen-bond donors (Lipinski definition) is 2. The van der Waals surface area contributed by atoms with Gasteiger partial charge in [0.05, 0.1) is 0 Å². The predicted octanol–water partition coefficient (Wildman–Crippen LogP) is 4.91. The number of fused-ring (bicyclic) bond motifs is 1. The van der Waals surface area contributed by atoms with Crippen molar-refractivity contribution in [1.29, 1.82) is 0 Å². The summed E-state index contributed by atoms with van der Waals surface area (Å²) in [4.78, 5) is 12.2. The standard InChI is InChI=1S/C22H28N2O/c1-22(2,3)18-10-6-16(7-11-18)8-13-21(25)24-19-12-9-17-5-4-14-23-20(17)15-19/h6-7,9-12,15,23H,4-5,8,13-14H2,1-3H3,(H,24,25). The first kappa shape index (κ1) is 17.5. The molecule has 0 saturated carbocycles. The Labute approximate surface area is 150 Å². The van der Waals surface area contributed by atoms with Crippen LogP contribution in [0.5, 0.6) is 0 Å². The first-order chi connectivity index (χ1) is 11.9. The quantitative estimate of drug-likeness (QED) is 0.832. The van der Waals surface area contributed by atoms with Gasteiger partial charge in [0.2, 0.25) is 5.91 Å². The number of aryl methyl sites for hydroxylation is 2. The van der Waals surface area contributed by atoms with Crippen LogP contribution in [0.15, 0.2) is 42.5 Å². The monoisotopic (exact) mass is 336 g/mol. The lowest BCUT2D eigenvalue weighted by atomic mass is 9.86. The highest BCUT2D eigenvalue weighted by molar-refractivity contribution is 5.91. The molecular formula is C22H28N2O. The van der Waals surface area contributed by atoms with Gasteiger partial charge in [-0.1, -0.05) is 51.1 Å². The summed E-state index contributed by atoms with van der Waals surface area (Å²) in [6.45, 7) is 7.64. The summed E-state index contributed by atoms with van der Waals surface area (Å²) in [5.41, 5.74) is 6.06. The molecule has 1 aliphatic rings. The molecule has 2 N–H and O–H groups in total. The Kier molecular flexibility index (Phi) is 5.12. The molecule has 3 rings (SSSR count). The number of carbonyl (C=O) groups excluding carboxylic acids is 1. The van der Waals surface area contributed by atoms with Gasteiger partial charge in [0.25, 0.3) is 0 Å². The van der Waals surface area contributed by atoms with E-state index in [1.165, 1.54) is 23.1 Å². The van der Waals surface area contributed by atoms with Crippen LogP contribution in [0.3, 0.4) is 0 Å². The van der Waals surface area contributed by atoms with Gasteiger partial charge >= 0.3 is 0 Å². The molecule has 0 bridgehead atoms. The molecule has 1 aliphatic heterocycles. The summed E-state index contributed by atoms with van der Waals surface area (Å²) in [6.07, 6.45) is 3.55. The molecule has 0 aliphatic carbocycles. The lowest BCUT2D eigenvalue weighted by Gasteiger charge is -2.19. The minimum atomic E-state index is 0.0654. The Morgan fingerprint density at radius 2 is 1.88 bits per heavy atom. The van der Waals surface area contributed by atoms with Crippen molar-refractivity contribution in [2.45, 2.75) is 51.9 Å². The van der Waals surface area contributed by atoms with E-state index < -0.39 is 0 Å². The number of benzene rings is 2. The molecule has 0 unspecified atom stereocenters. The van der Waals surface area contributed by atoms with Crippen LogP contribution in [0.25, 0.3) is 0 Å². The highest BCUT2D eigenvalue weighted by atomic mass is 16.1. The highest BCUT2D eigenvalue weighted by Gasteiger charge is 2.13. The average molecular weight is 336 g/mol. The van der Waals surface area contributed by atoms with Crippen molar-refractivity contribution in [1.82, 2.24) is 0 Å². The third-order valence-electron chi connectivity index (χ3n) is 4.79. The maximum Gasteiger partial charge on any atom is 0.224 e. The third-order valence-corrected chi connectivity index (χ3v) is 4.79. The number of anilines is 2. The largest absolute Gasteiger partial charge is 0.385 e. The lowest BCUT2D eigenvalue weighted by Crippen LogP contribution is -2.15. The van der Waals surface area contributed by atoms with E-state index in [0.29, 0.717) is 6.42 Å². The molecular weight excluding hydrogens is 308 g/mol. The topological polar surface area (TPSA) is 41.1 Å². The minimum absolute atomic E-state index is 0.0654. The average Bonchev–Trinajstić information content (AvgIpc) is 2.59. The fourth-order valence-electron chi connectivity index (χ4n) is 3.19. The van der Waals surface area contributed by atoms with Gasteiger partial charge in [-0.15, -0.1) is 0 Å². The Bertz CT molecular complexity index is 742. The second-order valence-corrected chi connectivity index (χ2v) is 7.90. The fraction of sp³-hybridized carbons (Fsp3) is 0.409. The van der Waals surface area contributed by atoms with E-state index in [4.69, 9.17) is 0 Å². The van der Waals surface area contributed by atoms with Crippen molar-refractivity contribution in [3.05, 3.63) is 59.2 Å². The number of hydrogen-bond acceptors (Lipinski definition) is 2. The Balaban J connectivity index is 1.54. The van der Waals surface area contributed by atoms with Gasteiger partial charge in [0, 0.05) is 24.3 Å². The van der Waals surface area contributed by atoms with Gasteiger partial charge < -0.3 is 10.6 Å². The van der Waals surface area contributed by atoms with Crippen LogP contribution >= 0.6 is 0 Å². The van der Waals surface area contributed by atoms with E-state index >= 15 is 0 Å². The Morgan fingerprint density at radius 3 is 2.60 bits per heavy atom. The van der Waals surface area contributed by atoms with Gasteiger partial charge in [-0.25, -0.2) is 0 Å². The zero-order valence-electron chi connectivity index (χ0n) is 15.5. The molecule has 2 aromatic rings. The van der Waals surface area contributed by atoms with Crippen molar-refractivity contribution in [3.63, 3.8) is 0 Å². The maximum atomic E-state index is 12.2. The zero-order chi connectivity index (χ0) is 17.9. The summed E-state index contributed by atoms with van der Waals surface area (Å²) in [5.74, 6) is 0.0654. The number of carbonyl (C=O) groups is 1. The van der Waals surface area contributed by atoms with Gasteiger partial charge in [-0.3, -0.25) is 4.79 Å². The van der Waals surface area contributed by atoms with Crippen LogP contribution in [-0.4, -0.2) is 12.5 Å². The molecule has 25 heavy (non-hydrogen) atoms. The zero-order valence-corrected chi connectivity index (χ0v) is 15.5. The summed E-state index contributed by atoms with van der Waals surface area (Å²) in [7, 11) is 0. The second-order valence-electron chi connectivity index (χ2n) is 7.90. The van der Waals surface area contributed by atoms with E-state index in [1.54, 1.807) is 0 Å². The molecule has 1 amide bonds. The molecule has 0 spiro atoms. The SMILES string of the molecule is CC(C)(C)c1ccc(CCC(=O)Nc2ccc3c(c2)NCCC3)cc1. The molecule has 3 heteroatoms. The summed E-state index contributed by atoms with van der Waals surface area (Å²) in [5, 5.41) is 6.42. The lowest BCUT2D eigenvalue weighted by molar-refractivity contribution is -0.116. The third kappa shape index (κ3) is 4.62. The van der Waals surface area contributed by atoms with Crippen molar-refractivity contribution in [2.75, 3.05) is 17.2 Å². The molecule has 0 saturated heterocycles. The molecule has 0 atom stereocenters. The second kappa shape index (κ2) is 7.30. The van der Waals surface area contributed by atoms with Gasteiger partial charge in [-0.2, -0.15) is 0 Å². The molecule has 132 valence electrons. The van der Waals surface area contributed by atoms with Crippen molar-refractivity contribution < 1.29 is 4.79 Å². The van der Waals surface area contributed by atoms with Gasteiger partial charge in [0.1, 0.15) is 0 Å². The van der Waals surface area contributed by atoms with Crippen molar-refractivity contribution in [3.8, 4) is 0 Å². The Hall–Kier alpha value is -2.29. The number of nitrogens with one attached hydrogen (secondary N) is 2. The molecule has 0 aromatic heterocycles. The fourth-order valence-corrected chi connectivity index (χ4v) is 3.19. The maximum absolute atomic E-state index is 12.2. The van der Waals surface area contributed by atoms with Gasteiger partial charge in [-0.05, 0) is 53.5 Å². The van der Waals surface area contributed by atoms with Crippen LogP contribution in [-0.2, 0) is 23.1 Å². The molecule has 0 fully saturated rings. The molecule has 1 heterocycles. The molecule has 2 aromatic carbocycles. The van der Waals surface area contributed by atoms with Crippen LogP contribution in [0.1, 0.15) is 50.3 Å². The molecule has 0 radical (unpaired) electrons. The summed E-state index contributed by atoms with van der Waals surface area (Å²) >= 11 is 0. The van der Waals surface area contributed by atoms with E-state index in [-0.39, 0.29) is 11.3 Å². The number of amides is 1. The van der Waals surface area contributed by atoms with Crippen LogP contribution < -0.4 is 10.6 Å². The van der Waals surface area contributed by atoms with Crippen LogP contribution in [0.2, 0.25) is 0 Å². The highest BCUT2D eigenvalue weighted by Crippen LogP contribution is 2.26. The van der Waals surface area contributed by atoms with Crippen LogP contribution in [0.4, 0.5) is 11.4 Å². The van der Waals surface area contributed by atoms with Gasteiger partial charge in [0.15, 0.2) is 0 Å². The van der Waals surface area contributed by atoms with E-state index in [0.717, 1.165) is 30.8 Å². The van der Waals surface area contributed by atoms with Crippen molar-refractivity contribution in [2.24, 2.45) is 0 Å².